The van der Waals surface area contributed by atoms with Gasteiger partial charge in [-0.15, -0.1) is 0 Å². The van der Waals surface area contributed by atoms with Crippen molar-refractivity contribution in [3.63, 3.8) is 0 Å². The summed E-state index contributed by atoms with van der Waals surface area (Å²) >= 11 is 0. The molecule has 0 aromatic heterocycles. The lowest BCUT2D eigenvalue weighted by Gasteiger charge is -2.63. The topological polar surface area (TPSA) is 145 Å². The summed E-state index contributed by atoms with van der Waals surface area (Å²) < 4.78 is 109. The van der Waals surface area contributed by atoms with E-state index in [-0.39, 0.29) is 10.9 Å². The monoisotopic (exact) mass is 822 g/mol. The molecule has 0 radical (unpaired) electrons. The second-order valence-electron chi connectivity index (χ2n) is 11.7. The zero-order valence-corrected chi connectivity index (χ0v) is 36.7. The van der Waals surface area contributed by atoms with E-state index >= 15 is 0 Å². The predicted octanol–water partition coefficient (Wildman–Crippen LogP) is 5.07. The number of hydrogen-bond donors (Lipinski definition) is 0. The lowest BCUT2D eigenvalue weighted by molar-refractivity contribution is -0.0287. The van der Waals surface area contributed by atoms with Crippen LogP contribution in [-0.2, 0) is 64.9 Å². The third kappa shape index (κ3) is 6.38. The van der Waals surface area contributed by atoms with Crippen LogP contribution in [0, 0.1) is 0 Å². The molecule has 0 saturated carbocycles. The average Bonchev–Trinajstić information content (AvgIpc) is 2.99. The molecule has 260 valence electrons. The minimum absolute atomic E-state index is 0.0132. The molecule has 6 aliphatic heterocycles. The Labute approximate surface area is 284 Å². The van der Waals surface area contributed by atoms with E-state index in [4.69, 9.17) is 60.1 Å². The van der Waals surface area contributed by atoms with E-state index in [2.05, 4.69) is 0 Å². The van der Waals surface area contributed by atoms with Crippen molar-refractivity contribution >= 4 is 90.2 Å². The molecule has 0 spiro atoms. The standard InChI is InChI=1S/C22H43ClO14SSi8/c1-8-39-26-40(9-2)29-43(12-5)31-41(10-3,27-39)33-45(14-7)34-42(11-4,28-39)32-44(13-6,30-40)36-46(35-43,37-45)20-19-21-15-17-22(18-16-21)38(23,24)25/h15-18H,8-14,19-20H2,1-7H3. The van der Waals surface area contributed by atoms with E-state index in [0.717, 1.165) is 5.56 Å². The Balaban J connectivity index is 1.56. The quantitative estimate of drug-likeness (QED) is 0.216. The predicted molar refractivity (Wildman–Crippen MR) is 180 cm³/mol. The van der Waals surface area contributed by atoms with Crippen molar-refractivity contribution in [3.05, 3.63) is 29.8 Å². The molecule has 0 N–H and O–H groups in total. The molecule has 7 rings (SSSR count). The van der Waals surface area contributed by atoms with Crippen molar-refractivity contribution in [1.29, 1.82) is 0 Å². The highest BCUT2D eigenvalue weighted by Gasteiger charge is 2.81. The summed E-state index contributed by atoms with van der Waals surface area (Å²) in [5.41, 5.74) is 0.826. The fourth-order valence-electron chi connectivity index (χ4n) is 6.13. The normalized spacial score (nSPS) is 45.1. The van der Waals surface area contributed by atoms with Crippen molar-refractivity contribution in [2.24, 2.45) is 0 Å². The highest BCUT2D eigenvalue weighted by atomic mass is 35.7. The van der Waals surface area contributed by atoms with Crippen LogP contribution in [0.15, 0.2) is 29.2 Å². The molecule has 8 bridgehead atoms. The summed E-state index contributed by atoms with van der Waals surface area (Å²) in [7, 11) is -28.3. The van der Waals surface area contributed by atoms with Crippen LogP contribution in [0.4, 0.5) is 0 Å². The van der Waals surface area contributed by atoms with Crippen molar-refractivity contribution in [2.75, 3.05) is 0 Å². The molecule has 0 atom stereocenters. The maximum absolute atomic E-state index is 11.9. The van der Waals surface area contributed by atoms with Crippen molar-refractivity contribution in [1.82, 2.24) is 0 Å². The summed E-state index contributed by atoms with van der Waals surface area (Å²) in [5.74, 6) is 0. The molecule has 1 aromatic carbocycles. The first kappa shape index (κ1) is 36.5. The Morgan fingerprint density at radius 2 is 0.696 bits per heavy atom. The van der Waals surface area contributed by atoms with Crippen LogP contribution in [0.2, 0.25) is 48.4 Å². The van der Waals surface area contributed by atoms with Gasteiger partial charge < -0.3 is 49.4 Å². The fourth-order valence-corrected chi connectivity index (χ4v) is 56.6. The van der Waals surface area contributed by atoms with E-state index in [1.54, 1.807) is 12.1 Å². The average molecular weight is 824 g/mol. The van der Waals surface area contributed by atoms with Crippen LogP contribution in [0.3, 0.4) is 0 Å². The summed E-state index contributed by atoms with van der Waals surface area (Å²) in [4.78, 5) is 0.0132. The second kappa shape index (κ2) is 12.4. The zero-order chi connectivity index (χ0) is 33.3. The van der Waals surface area contributed by atoms with Gasteiger partial charge in [-0.3, -0.25) is 0 Å². The highest BCUT2D eigenvalue weighted by molar-refractivity contribution is 8.13. The third-order valence-electron chi connectivity index (χ3n) is 8.69. The van der Waals surface area contributed by atoms with Gasteiger partial charge >= 0.3 is 70.4 Å². The maximum Gasteiger partial charge on any atom is 0.479 e. The number of benzene rings is 1. The van der Waals surface area contributed by atoms with Gasteiger partial charge in [-0.2, -0.15) is 0 Å². The summed E-state index contributed by atoms with van der Waals surface area (Å²) in [6.07, 6.45) is 0.407. The second-order valence-corrected chi connectivity index (χ2v) is 40.5. The molecule has 6 aliphatic rings. The van der Waals surface area contributed by atoms with Gasteiger partial charge in [0.05, 0.1) is 4.90 Å². The molecule has 6 fully saturated rings. The Bertz CT molecular complexity index is 1310. The molecule has 46 heavy (non-hydrogen) atoms. The zero-order valence-electron chi connectivity index (χ0n) is 27.2. The minimum Gasteiger partial charge on any atom is -0.373 e. The van der Waals surface area contributed by atoms with Gasteiger partial charge in [0.25, 0.3) is 9.05 Å². The van der Waals surface area contributed by atoms with Crippen LogP contribution in [0.25, 0.3) is 0 Å². The number of hydrogen-bond acceptors (Lipinski definition) is 14. The van der Waals surface area contributed by atoms with E-state index in [1.807, 2.05) is 48.5 Å². The molecule has 0 unspecified atom stereocenters. The van der Waals surface area contributed by atoms with Gasteiger partial charge in [0.2, 0.25) is 0 Å². The maximum atomic E-state index is 11.9. The molecular formula is C22H43ClO14SSi8. The SMILES string of the molecule is CC[Si]12O[Si]3(CC)O[Si]4(CC)O[Si](CC)(O1)O[Si]1(CC)O[Si](CC)(O2)O[Si](CC)(O3)O[Si](CCc2ccc(S(=O)(=O)Cl)cc2)(O4)O1. The minimum atomic E-state index is -3.93. The molecule has 24 heteroatoms. The molecule has 0 aliphatic carbocycles. The van der Waals surface area contributed by atoms with Crippen molar-refractivity contribution < 1.29 is 57.8 Å². The van der Waals surface area contributed by atoms with E-state index < -0.39 is 79.5 Å². The first-order valence-corrected chi connectivity index (χ1v) is 33.8. The van der Waals surface area contributed by atoms with E-state index in [1.165, 1.54) is 12.1 Å². The molecule has 0 amide bonds. The Morgan fingerprint density at radius 1 is 0.457 bits per heavy atom. The van der Waals surface area contributed by atoms with E-state index in [9.17, 15) is 8.42 Å². The summed E-state index contributed by atoms with van der Waals surface area (Å²) in [6, 6.07) is 9.29. The highest BCUT2D eigenvalue weighted by Crippen LogP contribution is 2.53. The number of aryl methyl sites for hydroxylation is 1. The lowest BCUT2D eigenvalue weighted by Crippen LogP contribution is -2.88. The molecule has 14 nitrogen and oxygen atoms in total. The summed E-state index contributed by atoms with van der Waals surface area (Å²) in [6.45, 7) is 13.7. The number of halogens is 1. The Hall–Kier alpha value is 0.715. The molecule has 1 aromatic rings. The third-order valence-corrected chi connectivity index (χ3v) is 46.8. The molecule has 6 heterocycles. The lowest BCUT2D eigenvalue weighted by atomic mass is 10.2. The summed E-state index contributed by atoms with van der Waals surface area (Å²) in [5, 5.41) is 0. The molecular weight excluding hydrogens is 780 g/mol. The van der Waals surface area contributed by atoms with Crippen LogP contribution in [0.5, 0.6) is 0 Å². The van der Waals surface area contributed by atoms with Crippen LogP contribution >= 0.6 is 10.7 Å². The Morgan fingerprint density at radius 3 is 0.913 bits per heavy atom. The molecule has 6 saturated heterocycles. The van der Waals surface area contributed by atoms with Crippen LogP contribution in [0.1, 0.15) is 54.0 Å². The van der Waals surface area contributed by atoms with Gasteiger partial charge in [-0.1, -0.05) is 60.6 Å². The van der Waals surface area contributed by atoms with Gasteiger partial charge in [0, 0.05) is 59.0 Å². The van der Waals surface area contributed by atoms with Crippen molar-refractivity contribution in [2.45, 2.75) is 108 Å². The first-order valence-electron chi connectivity index (χ1n) is 16.0. The first-order chi connectivity index (χ1) is 21.6. The van der Waals surface area contributed by atoms with Crippen LogP contribution in [-0.4, -0.2) is 78.9 Å². The van der Waals surface area contributed by atoms with Gasteiger partial charge in [-0.05, 0) is 24.1 Å². The van der Waals surface area contributed by atoms with Gasteiger partial charge in [0.15, 0.2) is 0 Å². The largest absolute Gasteiger partial charge is 0.479 e. The fraction of sp³-hybridized carbons (Fsp3) is 0.727. The van der Waals surface area contributed by atoms with Crippen molar-refractivity contribution in [3.8, 4) is 0 Å². The van der Waals surface area contributed by atoms with Gasteiger partial charge in [0.1, 0.15) is 0 Å². The smallest absolute Gasteiger partial charge is 0.373 e. The number of rotatable bonds is 11. The van der Waals surface area contributed by atoms with Crippen LogP contribution < -0.4 is 0 Å². The van der Waals surface area contributed by atoms with E-state index in [0.29, 0.717) is 48.7 Å². The van der Waals surface area contributed by atoms with Gasteiger partial charge in [-0.25, -0.2) is 8.42 Å². The Kier molecular flexibility index (Phi) is 9.87.